The monoisotopic (exact) mass is 302 g/mol. The Bertz CT molecular complexity index is 531. The number of methoxy groups -OCH3 is 2. The van der Waals surface area contributed by atoms with Crippen LogP contribution in [0.25, 0.3) is 0 Å². The Morgan fingerprint density at radius 3 is 2.45 bits per heavy atom. The smallest absolute Gasteiger partial charge is 0.159 e. The maximum atomic E-state index is 6.12. The first kappa shape index (κ1) is 16.5. The van der Waals surface area contributed by atoms with Crippen molar-refractivity contribution >= 4 is 0 Å². The molecule has 1 aliphatic rings. The molecule has 0 saturated heterocycles. The highest BCUT2D eigenvalue weighted by Gasteiger charge is 2.29. The summed E-state index contributed by atoms with van der Waals surface area (Å²) >= 11 is 0. The molecule has 0 N–H and O–H groups in total. The van der Waals surface area contributed by atoms with Crippen LogP contribution in [0.4, 0.5) is 0 Å². The molecule has 0 radical (unpaired) electrons. The van der Waals surface area contributed by atoms with Crippen LogP contribution in [-0.4, -0.2) is 14.2 Å². The van der Waals surface area contributed by atoms with Gasteiger partial charge in [0.1, 0.15) is 18.1 Å². The van der Waals surface area contributed by atoms with Gasteiger partial charge in [-0.1, -0.05) is 50.6 Å². The third-order valence-corrected chi connectivity index (χ3v) is 4.36. The third-order valence-electron chi connectivity index (χ3n) is 4.36. The summed E-state index contributed by atoms with van der Waals surface area (Å²) in [6.07, 6.45) is 3.92. The maximum Gasteiger partial charge on any atom is 0.159 e. The Labute approximate surface area is 133 Å². The minimum Gasteiger partial charge on any atom is -0.497 e. The van der Waals surface area contributed by atoms with Gasteiger partial charge in [0.25, 0.3) is 0 Å². The van der Waals surface area contributed by atoms with Gasteiger partial charge in [-0.15, -0.1) is 0 Å². The number of allylic oxidation sites excluding steroid dienone is 3. The molecule has 0 fully saturated rings. The fourth-order valence-electron chi connectivity index (χ4n) is 2.73. The highest BCUT2D eigenvalue weighted by Crippen LogP contribution is 2.37. The molecule has 0 saturated carbocycles. The van der Waals surface area contributed by atoms with E-state index >= 15 is 0 Å². The van der Waals surface area contributed by atoms with Crippen molar-refractivity contribution in [2.45, 2.75) is 33.3 Å². The third kappa shape index (κ3) is 3.85. The van der Waals surface area contributed by atoms with Crippen LogP contribution in [0.2, 0.25) is 0 Å². The summed E-state index contributed by atoms with van der Waals surface area (Å²) in [6.45, 7) is 5.05. The minimum atomic E-state index is 0.336. The average molecular weight is 302 g/mol. The van der Waals surface area contributed by atoms with Crippen LogP contribution < -0.4 is 0 Å². The molecule has 3 heteroatoms. The first-order valence-corrected chi connectivity index (χ1v) is 7.89. The van der Waals surface area contributed by atoms with Gasteiger partial charge in [0, 0.05) is 18.4 Å². The Hall–Kier alpha value is -1.90. The Balaban J connectivity index is 2.18. The van der Waals surface area contributed by atoms with Crippen LogP contribution in [0.1, 0.15) is 32.3 Å². The van der Waals surface area contributed by atoms with Crippen molar-refractivity contribution in [3.8, 4) is 0 Å². The first-order valence-electron chi connectivity index (χ1n) is 7.89. The lowest BCUT2D eigenvalue weighted by atomic mass is 9.84. The molecule has 0 spiro atoms. The van der Waals surface area contributed by atoms with Gasteiger partial charge in [0.2, 0.25) is 0 Å². The molecule has 0 aliphatic heterocycles. The summed E-state index contributed by atoms with van der Waals surface area (Å²) in [5, 5.41) is 0. The van der Waals surface area contributed by atoms with Crippen LogP contribution in [0.15, 0.2) is 53.7 Å². The second-order valence-electron chi connectivity index (χ2n) is 5.71. The summed E-state index contributed by atoms with van der Waals surface area (Å²) in [6, 6.07) is 10.2. The molecule has 1 aromatic rings. The normalized spacial score (nSPS) is 19.5. The molecule has 120 valence electrons. The van der Waals surface area contributed by atoms with Gasteiger partial charge in [-0.2, -0.15) is 0 Å². The average Bonchev–Trinajstić information content (AvgIpc) is 2.59. The van der Waals surface area contributed by atoms with E-state index in [-0.39, 0.29) is 0 Å². The molecule has 22 heavy (non-hydrogen) atoms. The number of ether oxygens (including phenoxy) is 3. The maximum absolute atomic E-state index is 6.12. The predicted molar refractivity (Wildman–Crippen MR) is 87.9 cm³/mol. The zero-order valence-electron chi connectivity index (χ0n) is 14.0. The topological polar surface area (TPSA) is 27.7 Å². The van der Waals surface area contributed by atoms with Crippen LogP contribution in [0.5, 0.6) is 0 Å². The minimum absolute atomic E-state index is 0.336. The van der Waals surface area contributed by atoms with Crippen molar-refractivity contribution in [2.75, 3.05) is 14.2 Å². The molecule has 0 bridgehead atoms. The summed E-state index contributed by atoms with van der Waals surface area (Å²) in [5.74, 6) is 3.54. The van der Waals surface area contributed by atoms with Gasteiger partial charge >= 0.3 is 0 Å². The van der Waals surface area contributed by atoms with E-state index in [1.54, 1.807) is 14.2 Å². The van der Waals surface area contributed by atoms with Crippen LogP contribution in [0.3, 0.4) is 0 Å². The Kier molecular flexibility index (Phi) is 5.93. The molecule has 0 amide bonds. The van der Waals surface area contributed by atoms with Gasteiger partial charge in [0.15, 0.2) is 5.76 Å². The second-order valence-corrected chi connectivity index (χ2v) is 5.71. The van der Waals surface area contributed by atoms with E-state index in [1.807, 2.05) is 24.3 Å². The lowest BCUT2D eigenvalue weighted by Gasteiger charge is -2.30. The largest absolute Gasteiger partial charge is 0.497 e. The van der Waals surface area contributed by atoms with E-state index in [1.165, 1.54) is 5.56 Å². The molecule has 1 aliphatic carbocycles. The summed E-state index contributed by atoms with van der Waals surface area (Å²) in [7, 11) is 3.37. The highest BCUT2D eigenvalue weighted by molar-refractivity contribution is 5.27. The highest BCUT2D eigenvalue weighted by atomic mass is 16.5. The summed E-state index contributed by atoms with van der Waals surface area (Å²) < 4.78 is 17.0. The fourth-order valence-corrected chi connectivity index (χ4v) is 2.73. The molecule has 3 nitrogen and oxygen atoms in total. The summed E-state index contributed by atoms with van der Waals surface area (Å²) in [4.78, 5) is 0. The molecule has 0 aromatic heterocycles. The molecule has 1 aromatic carbocycles. The van der Waals surface area contributed by atoms with Crippen LogP contribution in [-0.2, 0) is 20.8 Å². The number of benzene rings is 1. The van der Waals surface area contributed by atoms with Crippen molar-refractivity contribution in [1.29, 1.82) is 0 Å². The quantitative estimate of drug-likeness (QED) is 0.733. The van der Waals surface area contributed by atoms with E-state index in [2.05, 4.69) is 26.0 Å². The lowest BCUT2D eigenvalue weighted by molar-refractivity contribution is 0.117. The molecule has 2 atom stereocenters. The van der Waals surface area contributed by atoms with Crippen molar-refractivity contribution in [1.82, 2.24) is 0 Å². The van der Waals surface area contributed by atoms with E-state index < -0.39 is 0 Å². The predicted octanol–water partition coefficient (Wildman–Crippen LogP) is 4.66. The van der Waals surface area contributed by atoms with Gasteiger partial charge in [-0.3, -0.25) is 0 Å². The van der Waals surface area contributed by atoms with Crippen molar-refractivity contribution in [3.63, 3.8) is 0 Å². The van der Waals surface area contributed by atoms with Crippen LogP contribution >= 0.6 is 0 Å². The van der Waals surface area contributed by atoms with E-state index in [0.29, 0.717) is 18.4 Å². The van der Waals surface area contributed by atoms with Gasteiger partial charge in [0.05, 0.1) is 14.2 Å². The Morgan fingerprint density at radius 1 is 1.14 bits per heavy atom. The SMILES string of the molecule is CCC(C)C1CC(OC)=C(OC)C=C1OCc1ccccc1. The standard InChI is InChI=1S/C19H26O3/c1-5-14(2)16-11-18(20-3)19(21-4)12-17(16)22-13-15-9-7-6-8-10-15/h6-10,12,14,16H,5,11,13H2,1-4H3. The van der Waals surface area contributed by atoms with Crippen molar-refractivity contribution in [3.05, 3.63) is 59.2 Å². The molecule has 2 rings (SSSR count). The van der Waals surface area contributed by atoms with Crippen LogP contribution in [0, 0.1) is 11.8 Å². The van der Waals surface area contributed by atoms with Gasteiger partial charge in [-0.25, -0.2) is 0 Å². The van der Waals surface area contributed by atoms with Gasteiger partial charge in [-0.05, 0) is 11.5 Å². The zero-order valence-corrected chi connectivity index (χ0v) is 14.0. The number of hydrogen-bond acceptors (Lipinski definition) is 3. The first-order chi connectivity index (χ1) is 10.7. The van der Waals surface area contributed by atoms with Gasteiger partial charge < -0.3 is 14.2 Å². The number of rotatable bonds is 7. The van der Waals surface area contributed by atoms with E-state index in [0.717, 1.165) is 30.1 Å². The lowest BCUT2D eigenvalue weighted by Crippen LogP contribution is -2.21. The molecule has 0 heterocycles. The summed E-state index contributed by atoms with van der Waals surface area (Å²) in [5.41, 5.74) is 1.17. The fraction of sp³-hybridized carbons (Fsp3) is 0.474. The molecule has 2 unspecified atom stereocenters. The molecular weight excluding hydrogens is 276 g/mol. The van der Waals surface area contributed by atoms with E-state index in [4.69, 9.17) is 14.2 Å². The van der Waals surface area contributed by atoms with Crippen molar-refractivity contribution < 1.29 is 14.2 Å². The number of hydrogen-bond donors (Lipinski definition) is 0. The Morgan fingerprint density at radius 2 is 1.86 bits per heavy atom. The molecular formula is C19H26O3. The van der Waals surface area contributed by atoms with Crippen molar-refractivity contribution in [2.24, 2.45) is 11.8 Å². The zero-order chi connectivity index (χ0) is 15.9. The second kappa shape index (κ2) is 7.92. The van der Waals surface area contributed by atoms with E-state index in [9.17, 15) is 0 Å².